The molecule has 3 heteroatoms. The molecule has 0 amide bonds. The first-order valence-electron chi connectivity index (χ1n) is 4.21. The highest BCUT2D eigenvalue weighted by atomic mass is 16.7. The van der Waals surface area contributed by atoms with E-state index in [9.17, 15) is 0 Å². The van der Waals surface area contributed by atoms with Gasteiger partial charge in [-0.3, -0.25) is 0 Å². The Labute approximate surface area is 66.6 Å². The van der Waals surface area contributed by atoms with E-state index in [4.69, 9.17) is 14.2 Å². The van der Waals surface area contributed by atoms with Gasteiger partial charge in [-0.15, -0.1) is 0 Å². The minimum absolute atomic E-state index is 0.0868. The minimum atomic E-state index is -0.0868. The van der Waals surface area contributed by atoms with Gasteiger partial charge in [0, 0.05) is 6.61 Å². The zero-order chi connectivity index (χ0) is 7.57. The van der Waals surface area contributed by atoms with Gasteiger partial charge >= 0.3 is 0 Å². The molecule has 0 atom stereocenters. The molecule has 0 bridgehead atoms. The molecule has 64 valence electrons. The molecule has 0 N–H and O–H groups in total. The summed E-state index contributed by atoms with van der Waals surface area (Å²) in [6.45, 7) is 2.73. The van der Waals surface area contributed by atoms with Crippen molar-refractivity contribution in [3.8, 4) is 0 Å². The fraction of sp³-hybridized carbons (Fsp3) is 1.00. The van der Waals surface area contributed by atoms with Crippen LogP contribution in [0.5, 0.6) is 0 Å². The van der Waals surface area contributed by atoms with Crippen LogP contribution in [0.3, 0.4) is 0 Å². The fourth-order valence-electron chi connectivity index (χ4n) is 1.69. The van der Waals surface area contributed by atoms with Gasteiger partial charge in [0.2, 0.25) is 0 Å². The molecular formula is C8H14O3. The monoisotopic (exact) mass is 158 g/mol. The van der Waals surface area contributed by atoms with Crippen molar-refractivity contribution in [1.29, 1.82) is 0 Å². The number of ether oxygens (including phenoxy) is 3. The molecule has 0 aliphatic carbocycles. The summed E-state index contributed by atoms with van der Waals surface area (Å²) < 4.78 is 16.1. The summed E-state index contributed by atoms with van der Waals surface area (Å²) in [5.41, 5.74) is -0.0868. The van der Waals surface area contributed by atoms with Gasteiger partial charge in [0.25, 0.3) is 0 Å². The van der Waals surface area contributed by atoms with Crippen LogP contribution in [0, 0.1) is 0 Å². The molecule has 2 heterocycles. The molecule has 0 radical (unpaired) electrons. The van der Waals surface area contributed by atoms with Crippen molar-refractivity contribution in [2.75, 3.05) is 26.6 Å². The van der Waals surface area contributed by atoms with Crippen LogP contribution >= 0.6 is 0 Å². The predicted octanol–water partition coefficient (Wildman–Crippen LogP) is 0.930. The van der Waals surface area contributed by atoms with Gasteiger partial charge in [0.05, 0.1) is 13.2 Å². The molecule has 2 saturated heterocycles. The maximum Gasteiger partial charge on any atom is 0.147 e. The molecule has 0 aromatic rings. The van der Waals surface area contributed by atoms with Gasteiger partial charge in [0.1, 0.15) is 12.4 Å². The number of hydrogen-bond donors (Lipinski definition) is 0. The Morgan fingerprint density at radius 3 is 2.45 bits per heavy atom. The van der Waals surface area contributed by atoms with Gasteiger partial charge in [0.15, 0.2) is 0 Å². The first kappa shape index (κ1) is 7.53. The third kappa shape index (κ3) is 1.55. The molecule has 2 rings (SSSR count). The van der Waals surface area contributed by atoms with Crippen LogP contribution in [0.1, 0.15) is 19.3 Å². The van der Waals surface area contributed by atoms with Crippen molar-refractivity contribution < 1.29 is 14.2 Å². The van der Waals surface area contributed by atoms with E-state index in [1.54, 1.807) is 0 Å². The minimum Gasteiger partial charge on any atom is -0.370 e. The highest BCUT2D eigenvalue weighted by Gasteiger charge is 2.36. The highest BCUT2D eigenvalue weighted by Crippen LogP contribution is 2.27. The molecule has 0 aromatic heterocycles. The summed E-state index contributed by atoms with van der Waals surface area (Å²) in [6.07, 6.45) is 3.52. The van der Waals surface area contributed by atoms with Crippen LogP contribution in [0.2, 0.25) is 0 Å². The van der Waals surface area contributed by atoms with Crippen molar-refractivity contribution in [2.45, 2.75) is 24.9 Å². The molecule has 2 aliphatic heterocycles. The summed E-state index contributed by atoms with van der Waals surface area (Å²) in [6, 6.07) is 0. The van der Waals surface area contributed by atoms with E-state index in [-0.39, 0.29) is 5.60 Å². The normalized spacial score (nSPS) is 30.5. The van der Waals surface area contributed by atoms with Crippen LogP contribution in [0.25, 0.3) is 0 Å². The van der Waals surface area contributed by atoms with E-state index in [0.29, 0.717) is 20.0 Å². The van der Waals surface area contributed by atoms with Gasteiger partial charge in [-0.2, -0.15) is 0 Å². The van der Waals surface area contributed by atoms with Crippen LogP contribution < -0.4 is 0 Å². The fourth-order valence-corrected chi connectivity index (χ4v) is 1.69. The average molecular weight is 158 g/mol. The lowest BCUT2D eigenvalue weighted by atomic mass is 9.95. The molecule has 3 nitrogen and oxygen atoms in total. The molecule has 2 aliphatic rings. The maximum atomic E-state index is 5.66. The van der Waals surface area contributed by atoms with Crippen LogP contribution in [0.15, 0.2) is 0 Å². The van der Waals surface area contributed by atoms with Crippen molar-refractivity contribution in [3.05, 3.63) is 0 Å². The molecule has 2 fully saturated rings. The van der Waals surface area contributed by atoms with Crippen molar-refractivity contribution in [3.63, 3.8) is 0 Å². The lowest BCUT2D eigenvalue weighted by Crippen LogP contribution is -2.48. The van der Waals surface area contributed by atoms with E-state index in [1.807, 2.05) is 0 Å². The molecular weight excluding hydrogens is 144 g/mol. The standard InChI is InChI=1S/C8H14O3/c1-2-4-11-8(3-1)5-9-7-10-6-8/h1-7H2. The van der Waals surface area contributed by atoms with Gasteiger partial charge in [-0.05, 0) is 19.3 Å². The second-order valence-electron chi connectivity index (χ2n) is 3.30. The molecule has 0 unspecified atom stereocenters. The zero-order valence-corrected chi connectivity index (χ0v) is 6.67. The third-order valence-corrected chi connectivity index (χ3v) is 2.33. The Morgan fingerprint density at radius 1 is 1.00 bits per heavy atom. The van der Waals surface area contributed by atoms with Gasteiger partial charge in [-0.1, -0.05) is 0 Å². The smallest absolute Gasteiger partial charge is 0.147 e. The van der Waals surface area contributed by atoms with Crippen molar-refractivity contribution >= 4 is 0 Å². The largest absolute Gasteiger partial charge is 0.370 e. The van der Waals surface area contributed by atoms with E-state index >= 15 is 0 Å². The van der Waals surface area contributed by atoms with E-state index in [1.165, 1.54) is 12.8 Å². The van der Waals surface area contributed by atoms with E-state index < -0.39 is 0 Å². The number of hydrogen-bond acceptors (Lipinski definition) is 3. The summed E-state index contributed by atoms with van der Waals surface area (Å²) >= 11 is 0. The first-order valence-corrected chi connectivity index (χ1v) is 4.21. The van der Waals surface area contributed by atoms with Gasteiger partial charge < -0.3 is 14.2 Å². The lowest BCUT2D eigenvalue weighted by Gasteiger charge is -2.39. The SMILES string of the molecule is C1CCC2(COCOC2)OC1. The van der Waals surface area contributed by atoms with Crippen molar-refractivity contribution in [1.82, 2.24) is 0 Å². The Balaban J connectivity index is 1.94. The summed E-state index contributed by atoms with van der Waals surface area (Å²) in [5, 5.41) is 0. The second kappa shape index (κ2) is 3.09. The Morgan fingerprint density at radius 2 is 1.82 bits per heavy atom. The molecule has 0 aromatic carbocycles. The topological polar surface area (TPSA) is 27.7 Å². The van der Waals surface area contributed by atoms with E-state index in [2.05, 4.69) is 0 Å². The Bertz CT molecular complexity index is 104. The molecule has 0 saturated carbocycles. The average Bonchev–Trinajstić information content (AvgIpc) is 2.07. The Kier molecular flexibility index (Phi) is 2.11. The third-order valence-electron chi connectivity index (χ3n) is 2.33. The van der Waals surface area contributed by atoms with Crippen LogP contribution in [0.4, 0.5) is 0 Å². The zero-order valence-electron chi connectivity index (χ0n) is 6.67. The summed E-state index contributed by atoms with van der Waals surface area (Å²) in [5.74, 6) is 0. The van der Waals surface area contributed by atoms with Crippen LogP contribution in [-0.4, -0.2) is 32.2 Å². The van der Waals surface area contributed by atoms with Gasteiger partial charge in [-0.25, -0.2) is 0 Å². The quantitative estimate of drug-likeness (QED) is 0.525. The Hall–Kier alpha value is -0.120. The highest BCUT2D eigenvalue weighted by molar-refractivity contribution is 4.84. The second-order valence-corrected chi connectivity index (χ2v) is 3.30. The maximum absolute atomic E-state index is 5.66. The van der Waals surface area contributed by atoms with Crippen LogP contribution in [-0.2, 0) is 14.2 Å². The van der Waals surface area contributed by atoms with E-state index in [0.717, 1.165) is 13.0 Å². The molecule has 1 spiro atoms. The summed E-state index contributed by atoms with van der Waals surface area (Å²) in [4.78, 5) is 0. The van der Waals surface area contributed by atoms with Crippen molar-refractivity contribution in [2.24, 2.45) is 0 Å². The first-order chi connectivity index (χ1) is 5.41. The number of rotatable bonds is 0. The predicted molar refractivity (Wildman–Crippen MR) is 39.3 cm³/mol. The molecule has 11 heavy (non-hydrogen) atoms. The summed E-state index contributed by atoms with van der Waals surface area (Å²) in [7, 11) is 0. The lowest BCUT2D eigenvalue weighted by molar-refractivity contribution is -0.231.